The number of hydrogen-bond donors (Lipinski definition) is 3. The van der Waals surface area contributed by atoms with Gasteiger partial charge in [0.1, 0.15) is 11.8 Å². The summed E-state index contributed by atoms with van der Waals surface area (Å²) in [5.74, 6) is 0.988. The molecule has 15 heavy (non-hydrogen) atoms. The zero-order valence-corrected chi connectivity index (χ0v) is 8.30. The van der Waals surface area contributed by atoms with Gasteiger partial charge in [-0.05, 0) is 0 Å². The summed E-state index contributed by atoms with van der Waals surface area (Å²) in [6.07, 6.45) is 1.37. The Bertz CT molecular complexity index is 467. The molecule has 80 valence electrons. The average molecular weight is 208 g/mol. The highest BCUT2D eigenvalue weighted by Crippen LogP contribution is 2.17. The molecule has 0 saturated heterocycles. The second kappa shape index (κ2) is 3.70. The zero-order valence-electron chi connectivity index (χ0n) is 8.30. The monoisotopic (exact) mass is 208 g/mol. The molecule has 2 aromatic heterocycles. The molecular formula is C8H12N6O. The van der Waals surface area contributed by atoms with Gasteiger partial charge in [0.25, 0.3) is 0 Å². The Morgan fingerprint density at radius 2 is 2.33 bits per heavy atom. The standard InChI is InChI=1S/C8H12N6O/c1-14(2-3-15)8-12-5-6(9)10-4-11-7(5)13-8/h4,15H,2-3H2,1H3,(H3,9,10,11,12,13). The van der Waals surface area contributed by atoms with E-state index in [4.69, 9.17) is 10.8 Å². The third-order valence-corrected chi connectivity index (χ3v) is 2.10. The highest BCUT2D eigenvalue weighted by Gasteiger charge is 2.09. The lowest BCUT2D eigenvalue weighted by Gasteiger charge is -2.12. The van der Waals surface area contributed by atoms with Crippen LogP contribution in [0.15, 0.2) is 6.33 Å². The van der Waals surface area contributed by atoms with Crippen LogP contribution in [-0.4, -0.2) is 45.2 Å². The van der Waals surface area contributed by atoms with Crippen molar-refractivity contribution in [2.24, 2.45) is 0 Å². The minimum absolute atomic E-state index is 0.0642. The number of nitrogens with two attached hydrogens (primary N) is 1. The summed E-state index contributed by atoms with van der Waals surface area (Å²) in [6.45, 7) is 0.557. The van der Waals surface area contributed by atoms with Gasteiger partial charge in [0.05, 0.1) is 6.61 Å². The van der Waals surface area contributed by atoms with Crippen molar-refractivity contribution in [2.75, 3.05) is 30.8 Å². The number of aliphatic hydroxyl groups is 1. The van der Waals surface area contributed by atoms with E-state index in [1.807, 2.05) is 7.05 Å². The van der Waals surface area contributed by atoms with Crippen LogP contribution in [0.5, 0.6) is 0 Å². The van der Waals surface area contributed by atoms with E-state index >= 15 is 0 Å². The largest absolute Gasteiger partial charge is 0.395 e. The number of nitrogens with zero attached hydrogens (tertiary/aromatic N) is 4. The lowest BCUT2D eigenvalue weighted by molar-refractivity contribution is 0.303. The highest BCUT2D eigenvalue weighted by molar-refractivity contribution is 5.82. The van der Waals surface area contributed by atoms with Gasteiger partial charge in [-0.3, -0.25) is 0 Å². The van der Waals surface area contributed by atoms with E-state index < -0.39 is 0 Å². The van der Waals surface area contributed by atoms with Crippen molar-refractivity contribution in [3.05, 3.63) is 6.33 Å². The summed E-state index contributed by atoms with van der Waals surface area (Å²) in [5, 5.41) is 8.79. The van der Waals surface area contributed by atoms with Crippen LogP contribution < -0.4 is 10.6 Å². The van der Waals surface area contributed by atoms with Gasteiger partial charge in [0.15, 0.2) is 11.5 Å². The second-order valence-electron chi connectivity index (χ2n) is 3.16. The number of rotatable bonds is 3. The fourth-order valence-electron chi connectivity index (χ4n) is 1.27. The van der Waals surface area contributed by atoms with Crippen molar-refractivity contribution in [2.45, 2.75) is 0 Å². The molecule has 0 unspecified atom stereocenters. The molecule has 0 bridgehead atoms. The van der Waals surface area contributed by atoms with E-state index in [1.54, 1.807) is 4.90 Å². The van der Waals surface area contributed by atoms with Crippen LogP contribution in [0.2, 0.25) is 0 Å². The summed E-state index contributed by atoms with van der Waals surface area (Å²) in [6, 6.07) is 0. The van der Waals surface area contributed by atoms with Gasteiger partial charge in [-0.25, -0.2) is 9.97 Å². The molecular weight excluding hydrogens is 196 g/mol. The third-order valence-electron chi connectivity index (χ3n) is 2.10. The molecule has 0 aliphatic heterocycles. The number of aliphatic hydroxyl groups excluding tert-OH is 1. The number of aromatic nitrogens is 4. The van der Waals surface area contributed by atoms with Gasteiger partial charge >= 0.3 is 0 Å². The summed E-state index contributed by atoms with van der Waals surface area (Å²) in [5.41, 5.74) is 6.81. The van der Waals surface area contributed by atoms with Crippen molar-refractivity contribution in [3.8, 4) is 0 Å². The van der Waals surface area contributed by atoms with E-state index in [0.717, 1.165) is 0 Å². The normalized spacial score (nSPS) is 10.8. The fraction of sp³-hybridized carbons (Fsp3) is 0.375. The van der Waals surface area contributed by atoms with E-state index in [2.05, 4.69) is 19.9 Å². The maximum absolute atomic E-state index is 8.79. The molecule has 0 amide bonds. The van der Waals surface area contributed by atoms with Crippen molar-refractivity contribution >= 4 is 22.9 Å². The van der Waals surface area contributed by atoms with Crippen molar-refractivity contribution in [3.63, 3.8) is 0 Å². The molecule has 2 heterocycles. The smallest absolute Gasteiger partial charge is 0.205 e. The van der Waals surface area contributed by atoms with Crippen LogP contribution in [0.25, 0.3) is 11.2 Å². The Hall–Kier alpha value is -1.89. The van der Waals surface area contributed by atoms with Crippen LogP contribution in [-0.2, 0) is 0 Å². The molecule has 0 fully saturated rings. The predicted octanol–water partition coefficient (Wildman–Crippen LogP) is -0.636. The molecule has 2 aromatic rings. The molecule has 0 aliphatic rings. The molecule has 0 spiro atoms. The Morgan fingerprint density at radius 3 is 3.00 bits per heavy atom. The first-order valence-corrected chi connectivity index (χ1v) is 4.50. The van der Waals surface area contributed by atoms with Crippen LogP contribution in [0.3, 0.4) is 0 Å². The average Bonchev–Trinajstić information content (AvgIpc) is 2.63. The lowest BCUT2D eigenvalue weighted by atomic mass is 10.5. The molecule has 0 aromatic carbocycles. The SMILES string of the molecule is CN(CCO)c1nc2ncnc(N)c2[nH]1. The zero-order chi connectivity index (χ0) is 10.8. The topological polar surface area (TPSA) is 104 Å². The number of likely N-dealkylation sites (N-methyl/N-ethyl adjacent to an activating group) is 1. The number of H-pyrrole nitrogens is 1. The molecule has 0 aliphatic carbocycles. The summed E-state index contributed by atoms with van der Waals surface area (Å²) < 4.78 is 0. The van der Waals surface area contributed by atoms with E-state index in [9.17, 15) is 0 Å². The minimum atomic E-state index is 0.0642. The molecule has 4 N–H and O–H groups in total. The van der Waals surface area contributed by atoms with Gasteiger partial charge in [0, 0.05) is 13.6 Å². The Kier molecular flexibility index (Phi) is 2.38. The number of aromatic amines is 1. The van der Waals surface area contributed by atoms with E-state index in [0.29, 0.717) is 29.5 Å². The number of nitrogens with one attached hydrogen (secondary N) is 1. The first-order valence-electron chi connectivity index (χ1n) is 4.50. The molecule has 0 atom stereocenters. The number of fused-ring (bicyclic) bond motifs is 1. The number of anilines is 2. The Morgan fingerprint density at radius 1 is 1.53 bits per heavy atom. The van der Waals surface area contributed by atoms with Crippen molar-refractivity contribution in [1.82, 2.24) is 19.9 Å². The van der Waals surface area contributed by atoms with Crippen molar-refractivity contribution in [1.29, 1.82) is 0 Å². The molecule has 0 radical (unpaired) electrons. The quantitative estimate of drug-likeness (QED) is 0.620. The Balaban J connectivity index is 2.43. The van der Waals surface area contributed by atoms with Gasteiger partial charge in [-0.15, -0.1) is 0 Å². The lowest BCUT2D eigenvalue weighted by Crippen LogP contribution is -2.22. The van der Waals surface area contributed by atoms with E-state index in [1.165, 1.54) is 6.33 Å². The first-order chi connectivity index (χ1) is 7.22. The van der Waals surface area contributed by atoms with Crippen LogP contribution in [0.4, 0.5) is 11.8 Å². The highest BCUT2D eigenvalue weighted by atomic mass is 16.3. The van der Waals surface area contributed by atoms with Crippen molar-refractivity contribution < 1.29 is 5.11 Å². The van der Waals surface area contributed by atoms with Gasteiger partial charge in [-0.1, -0.05) is 0 Å². The van der Waals surface area contributed by atoms with Crippen LogP contribution in [0.1, 0.15) is 0 Å². The maximum atomic E-state index is 8.79. The van der Waals surface area contributed by atoms with Crippen LogP contribution >= 0.6 is 0 Å². The molecule has 2 rings (SSSR count). The molecule has 0 saturated carbocycles. The van der Waals surface area contributed by atoms with E-state index in [-0.39, 0.29) is 6.61 Å². The Labute approximate surface area is 86.0 Å². The van der Waals surface area contributed by atoms with Gasteiger partial charge < -0.3 is 20.7 Å². The number of imidazole rings is 1. The summed E-state index contributed by atoms with van der Waals surface area (Å²) in [4.78, 5) is 16.8. The minimum Gasteiger partial charge on any atom is -0.395 e. The number of nitrogen functional groups attached to an aromatic ring is 1. The number of hydrogen-bond acceptors (Lipinski definition) is 6. The van der Waals surface area contributed by atoms with Gasteiger partial charge in [-0.2, -0.15) is 4.98 Å². The predicted molar refractivity (Wildman–Crippen MR) is 56.5 cm³/mol. The molecule has 7 nitrogen and oxygen atoms in total. The maximum Gasteiger partial charge on any atom is 0.205 e. The summed E-state index contributed by atoms with van der Waals surface area (Å²) >= 11 is 0. The van der Waals surface area contributed by atoms with Crippen LogP contribution in [0, 0.1) is 0 Å². The second-order valence-corrected chi connectivity index (χ2v) is 3.16. The summed E-state index contributed by atoms with van der Waals surface area (Å²) in [7, 11) is 1.82. The van der Waals surface area contributed by atoms with Gasteiger partial charge in [0.2, 0.25) is 5.95 Å². The molecule has 7 heteroatoms. The third kappa shape index (κ3) is 1.68. The first kappa shape index (κ1) is 9.66. The fourth-order valence-corrected chi connectivity index (χ4v) is 1.27.